The summed E-state index contributed by atoms with van der Waals surface area (Å²) in [5, 5.41) is 10.5. The molecule has 0 aromatic heterocycles. The number of hydrogen-bond acceptors (Lipinski definition) is 4. The number of para-hydroxylation sites is 1. The number of rotatable bonds is 3. The van der Waals surface area contributed by atoms with E-state index in [0.717, 1.165) is 0 Å². The maximum atomic E-state index is 10.9. The molecule has 0 spiro atoms. The van der Waals surface area contributed by atoms with Crippen molar-refractivity contribution in [2.75, 3.05) is 0 Å². The molecule has 1 rings (SSSR count). The molecule has 0 bridgehead atoms. The van der Waals surface area contributed by atoms with Crippen molar-refractivity contribution < 1.29 is 9.72 Å². The molecular weight excluding hydrogens is 186 g/mol. The fourth-order valence-electron chi connectivity index (χ4n) is 1.06. The van der Waals surface area contributed by atoms with Gasteiger partial charge in [0.25, 0.3) is 5.69 Å². The number of nitro groups is 1. The summed E-state index contributed by atoms with van der Waals surface area (Å²) >= 11 is 0. The molecule has 6 nitrogen and oxygen atoms in total. The Morgan fingerprint density at radius 2 is 2.14 bits per heavy atom. The molecule has 74 valence electrons. The summed E-state index contributed by atoms with van der Waals surface area (Å²) in [5.74, 6) is 4.42. The van der Waals surface area contributed by atoms with Crippen LogP contribution in [0.3, 0.4) is 0 Å². The lowest BCUT2D eigenvalue weighted by Crippen LogP contribution is -2.31. The highest BCUT2D eigenvalue weighted by atomic mass is 16.6. The van der Waals surface area contributed by atoms with Crippen molar-refractivity contribution in [2.24, 2.45) is 5.84 Å². The first-order valence-corrected chi connectivity index (χ1v) is 3.87. The van der Waals surface area contributed by atoms with Gasteiger partial charge in [-0.05, 0) is 0 Å². The molecule has 0 atom stereocenters. The van der Waals surface area contributed by atoms with Crippen molar-refractivity contribution >= 4 is 11.6 Å². The van der Waals surface area contributed by atoms with Gasteiger partial charge in [-0.3, -0.25) is 20.3 Å². The number of carbonyl (C=O) groups is 1. The monoisotopic (exact) mass is 195 g/mol. The first-order valence-electron chi connectivity index (χ1n) is 3.87. The minimum atomic E-state index is -0.529. The van der Waals surface area contributed by atoms with Crippen LogP contribution in [0.4, 0.5) is 5.69 Å². The number of nitrogens with one attached hydrogen (secondary N) is 1. The Bertz CT molecular complexity index is 365. The number of benzene rings is 1. The maximum Gasteiger partial charge on any atom is 0.273 e. The second-order valence-electron chi connectivity index (χ2n) is 2.63. The SMILES string of the molecule is NNC(=O)Cc1ccccc1[N+](=O)[O-]. The lowest BCUT2D eigenvalue weighted by Gasteiger charge is -2.00. The molecule has 1 aromatic rings. The third kappa shape index (κ3) is 2.27. The first-order chi connectivity index (χ1) is 6.65. The number of hydrogen-bond donors (Lipinski definition) is 2. The van der Waals surface area contributed by atoms with Gasteiger partial charge in [0.2, 0.25) is 5.91 Å². The van der Waals surface area contributed by atoms with Crippen molar-refractivity contribution in [2.45, 2.75) is 6.42 Å². The van der Waals surface area contributed by atoms with E-state index in [4.69, 9.17) is 5.84 Å². The van der Waals surface area contributed by atoms with Crippen molar-refractivity contribution in [3.05, 3.63) is 39.9 Å². The van der Waals surface area contributed by atoms with Gasteiger partial charge >= 0.3 is 0 Å². The second-order valence-corrected chi connectivity index (χ2v) is 2.63. The highest BCUT2D eigenvalue weighted by Gasteiger charge is 2.14. The van der Waals surface area contributed by atoms with E-state index in [1.54, 1.807) is 12.1 Å². The van der Waals surface area contributed by atoms with Gasteiger partial charge in [-0.25, -0.2) is 5.84 Å². The molecule has 0 aliphatic rings. The van der Waals surface area contributed by atoms with Gasteiger partial charge in [0.15, 0.2) is 0 Å². The van der Waals surface area contributed by atoms with E-state index in [1.165, 1.54) is 12.1 Å². The maximum absolute atomic E-state index is 10.9. The molecule has 0 fully saturated rings. The summed E-state index contributed by atoms with van der Waals surface area (Å²) in [6.07, 6.45) is -0.0896. The molecule has 0 aliphatic carbocycles. The Kier molecular flexibility index (Phi) is 3.14. The molecule has 0 unspecified atom stereocenters. The molecule has 1 aromatic carbocycles. The van der Waals surface area contributed by atoms with Crippen LogP contribution in [0.2, 0.25) is 0 Å². The average molecular weight is 195 g/mol. The van der Waals surface area contributed by atoms with Crippen LogP contribution in [0.15, 0.2) is 24.3 Å². The summed E-state index contributed by atoms with van der Waals surface area (Å²) in [6.45, 7) is 0. The van der Waals surface area contributed by atoms with Gasteiger partial charge in [0.05, 0.1) is 11.3 Å². The molecule has 6 heteroatoms. The fraction of sp³-hybridized carbons (Fsp3) is 0.125. The van der Waals surface area contributed by atoms with Crippen molar-refractivity contribution in [3.8, 4) is 0 Å². The lowest BCUT2D eigenvalue weighted by molar-refractivity contribution is -0.385. The summed E-state index contributed by atoms with van der Waals surface area (Å²) in [6, 6.07) is 6.04. The minimum Gasteiger partial charge on any atom is -0.294 e. The number of carbonyl (C=O) groups excluding carboxylic acids is 1. The minimum absolute atomic E-state index is 0.0731. The molecule has 14 heavy (non-hydrogen) atoms. The predicted molar refractivity (Wildman–Crippen MR) is 49.1 cm³/mol. The predicted octanol–water partition coefficient (Wildman–Crippen LogP) is 0.127. The molecule has 0 saturated heterocycles. The molecule has 3 N–H and O–H groups in total. The largest absolute Gasteiger partial charge is 0.294 e. The molecular formula is C8H9N3O3. The number of nitrogens with zero attached hydrogens (tertiary/aromatic N) is 1. The van der Waals surface area contributed by atoms with Crippen molar-refractivity contribution in [3.63, 3.8) is 0 Å². The van der Waals surface area contributed by atoms with Crippen LogP contribution in [0.1, 0.15) is 5.56 Å². The third-order valence-electron chi connectivity index (χ3n) is 1.70. The lowest BCUT2D eigenvalue weighted by atomic mass is 10.1. The number of amides is 1. The van der Waals surface area contributed by atoms with E-state index >= 15 is 0 Å². The van der Waals surface area contributed by atoms with E-state index in [-0.39, 0.29) is 12.1 Å². The molecule has 0 aliphatic heterocycles. The Hall–Kier alpha value is -1.95. The molecule has 0 radical (unpaired) electrons. The van der Waals surface area contributed by atoms with Gasteiger partial charge in [-0.1, -0.05) is 18.2 Å². The summed E-state index contributed by atoms with van der Waals surface area (Å²) in [5.41, 5.74) is 2.19. The second kappa shape index (κ2) is 4.33. The fourth-order valence-corrected chi connectivity index (χ4v) is 1.06. The first kappa shape index (κ1) is 10.1. The van der Waals surface area contributed by atoms with Gasteiger partial charge < -0.3 is 0 Å². The highest BCUT2D eigenvalue weighted by molar-refractivity contribution is 5.79. The molecule has 1 amide bonds. The quantitative estimate of drug-likeness (QED) is 0.310. The number of nitro benzene ring substituents is 1. The standard InChI is InChI=1S/C8H9N3O3/c9-10-8(12)5-6-3-1-2-4-7(6)11(13)14/h1-4H,5,9H2,(H,10,12). The van der Waals surface area contributed by atoms with Gasteiger partial charge in [-0.15, -0.1) is 0 Å². The van der Waals surface area contributed by atoms with Crippen LogP contribution in [-0.2, 0) is 11.2 Å². The van der Waals surface area contributed by atoms with E-state index in [2.05, 4.69) is 0 Å². The Morgan fingerprint density at radius 1 is 1.50 bits per heavy atom. The van der Waals surface area contributed by atoms with Crippen LogP contribution in [0.5, 0.6) is 0 Å². The average Bonchev–Trinajstić information content (AvgIpc) is 2.18. The van der Waals surface area contributed by atoms with Gasteiger partial charge in [-0.2, -0.15) is 0 Å². The van der Waals surface area contributed by atoms with Crippen molar-refractivity contribution in [1.29, 1.82) is 0 Å². The van der Waals surface area contributed by atoms with E-state index in [9.17, 15) is 14.9 Å². The van der Waals surface area contributed by atoms with Gasteiger partial charge in [0.1, 0.15) is 0 Å². The normalized spacial score (nSPS) is 9.50. The topological polar surface area (TPSA) is 98.3 Å². The zero-order chi connectivity index (χ0) is 10.6. The Balaban J connectivity index is 2.95. The Morgan fingerprint density at radius 3 is 2.71 bits per heavy atom. The highest BCUT2D eigenvalue weighted by Crippen LogP contribution is 2.17. The Labute approximate surface area is 79.8 Å². The zero-order valence-corrected chi connectivity index (χ0v) is 7.27. The summed E-state index contributed by atoms with van der Waals surface area (Å²) in [4.78, 5) is 20.9. The van der Waals surface area contributed by atoms with Gasteiger partial charge in [0, 0.05) is 11.6 Å². The summed E-state index contributed by atoms with van der Waals surface area (Å²) in [7, 11) is 0. The van der Waals surface area contributed by atoms with E-state index in [0.29, 0.717) is 5.56 Å². The molecule has 0 saturated carbocycles. The van der Waals surface area contributed by atoms with Crippen LogP contribution in [-0.4, -0.2) is 10.8 Å². The van der Waals surface area contributed by atoms with Crippen LogP contribution < -0.4 is 11.3 Å². The van der Waals surface area contributed by atoms with E-state index in [1.807, 2.05) is 5.43 Å². The molecule has 0 heterocycles. The number of hydrazine groups is 1. The van der Waals surface area contributed by atoms with E-state index < -0.39 is 10.8 Å². The van der Waals surface area contributed by atoms with Crippen molar-refractivity contribution in [1.82, 2.24) is 5.43 Å². The summed E-state index contributed by atoms with van der Waals surface area (Å²) < 4.78 is 0. The van der Waals surface area contributed by atoms with Crippen LogP contribution in [0.25, 0.3) is 0 Å². The smallest absolute Gasteiger partial charge is 0.273 e. The third-order valence-corrected chi connectivity index (χ3v) is 1.70. The van der Waals surface area contributed by atoms with Crippen LogP contribution >= 0.6 is 0 Å². The number of nitrogens with two attached hydrogens (primary N) is 1. The van der Waals surface area contributed by atoms with Crippen LogP contribution in [0, 0.1) is 10.1 Å². The zero-order valence-electron chi connectivity index (χ0n) is 7.27.